The molecule has 0 aliphatic carbocycles. The predicted molar refractivity (Wildman–Crippen MR) is 141 cm³/mol. The van der Waals surface area contributed by atoms with Crippen LogP contribution in [0.1, 0.15) is 24.1 Å². The largest absolute Gasteiger partial charge is 0.460 e. The zero-order valence-corrected chi connectivity index (χ0v) is 21.6. The van der Waals surface area contributed by atoms with Gasteiger partial charge in [0.15, 0.2) is 4.80 Å². The van der Waals surface area contributed by atoms with Gasteiger partial charge in [0.05, 0.1) is 28.5 Å². The van der Waals surface area contributed by atoms with E-state index in [9.17, 15) is 9.59 Å². The van der Waals surface area contributed by atoms with Gasteiger partial charge in [-0.05, 0) is 36.8 Å². The van der Waals surface area contributed by atoms with Crippen LogP contribution in [-0.4, -0.2) is 35.4 Å². The normalized spacial score (nSPS) is 15.8. The molecule has 0 radical (unpaired) electrons. The molecule has 0 N–H and O–H groups in total. The second-order valence-electron chi connectivity index (χ2n) is 8.47. The minimum absolute atomic E-state index is 0.102. The Hall–Kier alpha value is -3.46. The summed E-state index contributed by atoms with van der Waals surface area (Å²) in [5, 5.41) is 1.62. The van der Waals surface area contributed by atoms with E-state index >= 15 is 0 Å². The van der Waals surface area contributed by atoms with Crippen LogP contribution < -0.4 is 14.9 Å². The molecule has 5 rings (SSSR count). The Balaban J connectivity index is 1.69. The van der Waals surface area contributed by atoms with Crippen molar-refractivity contribution in [2.24, 2.45) is 12.0 Å². The number of benzene rings is 2. The van der Waals surface area contributed by atoms with Crippen molar-refractivity contribution in [3.8, 4) is 0 Å². The number of nitrogens with zero attached hydrogens (tertiary/aromatic N) is 3. The van der Waals surface area contributed by atoms with Crippen molar-refractivity contribution in [2.75, 3.05) is 20.3 Å². The summed E-state index contributed by atoms with van der Waals surface area (Å²) in [5.74, 6) is -0.531. The number of ether oxygens (including phenoxy) is 2. The van der Waals surface area contributed by atoms with Gasteiger partial charge in [0.1, 0.15) is 6.61 Å². The molecule has 7 nitrogen and oxygen atoms in total. The number of rotatable bonds is 6. The number of carbonyl (C=O) groups excluding carboxylic acids is 1. The fourth-order valence-electron chi connectivity index (χ4n) is 4.47. The molecule has 2 aromatic heterocycles. The lowest BCUT2D eigenvalue weighted by molar-refractivity contribution is -0.140. The molecule has 4 aromatic rings. The lowest BCUT2D eigenvalue weighted by Gasteiger charge is -2.24. The number of para-hydroxylation sites is 1. The van der Waals surface area contributed by atoms with Crippen molar-refractivity contribution in [1.82, 2.24) is 9.13 Å². The number of hydrogen-bond donors (Lipinski definition) is 0. The molecule has 1 atom stereocenters. The molecule has 1 aliphatic heterocycles. The van der Waals surface area contributed by atoms with Gasteiger partial charge < -0.3 is 14.0 Å². The first kappa shape index (κ1) is 24.2. The SMILES string of the molecule is COCCOC(=O)C1=C(C)N=c2sc(=Cc3cn(C)c4ccccc34)c(=O)n2C1c1ccc(Cl)cc1. The van der Waals surface area contributed by atoms with Gasteiger partial charge >= 0.3 is 5.97 Å². The smallest absolute Gasteiger partial charge is 0.338 e. The van der Waals surface area contributed by atoms with Crippen molar-refractivity contribution in [3.63, 3.8) is 0 Å². The molecule has 0 saturated carbocycles. The lowest BCUT2D eigenvalue weighted by Crippen LogP contribution is -2.40. The van der Waals surface area contributed by atoms with E-state index in [0.717, 1.165) is 22.0 Å². The third-order valence-electron chi connectivity index (χ3n) is 6.16. The molecule has 3 heterocycles. The highest BCUT2D eigenvalue weighted by molar-refractivity contribution is 7.07. The van der Waals surface area contributed by atoms with E-state index in [1.807, 2.05) is 60.3 Å². The van der Waals surface area contributed by atoms with Crippen molar-refractivity contribution in [2.45, 2.75) is 13.0 Å². The van der Waals surface area contributed by atoms with Crippen LogP contribution in [0.15, 0.2) is 75.8 Å². The Morgan fingerprint density at radius 1 is 1.17 bits per heavy atom. The van der Waals surface area contributed by atoms with Gasteiger partial charge in [-0.1, -0.05) is 53.3 Å². The number of thiazole rings is 1. The third-order valence-corrected chi connectivity index (χ3v) is 7.40. The van der Waals surface area contributed by atoms with Crippen molar-refractivity contribution < 1.29 is 14.3 Å². The van der Waals surface area contributed by atoms with Crippen LogP contribution in [0.5, 0.6) is 0 Å². The Morgan fingerprint density at radius 2 is 1.92 bits per heavy atom. The van der Waals surface area contributed by atoms with Gasteiger partial charge in [-0.3, -0.25) is 9.36 Å². The van der Waals surface area contributed by atoms with Crippen molar-refractivity contribution in [3.05, 3.63) is 102 Å². The molecule has 0 amide bonds. The first-order valence-electron chi connectivity index (χ1n) is 11.4. The van der Waals surface area contributed by atoms with Crippen LogP contribution in [0.3, 0.4) is 0 Å². The number of esters is 1. The maximum absolute atomic E-state index is 13.8. The van der Waals surface area contributed by atoms with Crippen LogP contribution in [-0.2, 0) is 21.3 Å². The van der Waals surface area contributed by atoms with E-state index in [-0.39, 0.29) is 18.8 Å². The highest BCUT2D eigenvalue weighted by Gasteiger charge is 2.33. The minimum Gasteiger partial charge on any atom is -0.460 e. The molecule has 36 heavy (non-hydrogen) atoms. The molecule has 0 spiro atoms. The maximum atomic E-state index is 13.8. The van der Waals surface area contributed by atoms with Gasteiger partial charge in [0.25, 0.3) is 5.56 Å². The van der Waals surface area contributed by atoms with E-state index in [2.05, 4.69) is 4.99 Å². The van der Waals surface area contributed by atoms with Crippen LogP contribution >= 0.6 is 22.9 Å². The number of hydrogen-bond acceptors (Lipinski definition) is 6. The quantitative estimate of drug-likeness (QED) is 0.287. The molecular formula is C27H24ClN3O4S. The molecule has 1 unspecified atom stereocenters. The number of aromatic nitrogens is 2. The Kier molecular flexibility index (Phi) is 6.66. The summed E-state index contributed by atoms with van der Waals surface area (Å²) in [6.07, 6.45) is 3.89. The number of fused-ring (bicyclic) bond motifs is 2. The van der Waals surface area contributed by atoms with E-state index in [1.165, 1.54) is 18.4 Å². The standard InChI is InChI=1S/C27H24ClN3O4S/c1-16-23(26(33)35-13-12-34-3)24(17-8-10-19(28)11-9-17)31-25(32)22(36-27(31)29-16)14-18-15-30(2)21-7-5-4-6-20(18)21/h4-11,14-15,24H,12-13H2,1-3H3. The first-order valence-corrected chi connectivity index (χ1v) is 12.6. The topological polar surface area (TPSA) is 74.8 Å². The van der Waals surface area contributed by atoms with Crippen LogP contribution in [0, 0.1) is 0 Å². The number of halogens is 1. The lowest BCUT2D eigenvalue weighted by atomic mass is 9.96. The second-order valence-corrected chi connectivity index (χ2v) is 9.92. The molecular weight excluding hydrogens is 498 g/mol. The predicted octanol–water partition coefficient (Wildman–Crippen LogP) is 3.57. The zero-order chi connectivity index (χ0) is 25.4. The van der Waals surface area contributed by atoms with E-state index in [0.29, 0.717) is 25.6 Å². The average Bonchev–Trinajstić information content (AvgIpc) is 3.35. The van der Waals surface area contributed by atoms with Crippen molar-refractivity contribution in [1.29, 1.82) is 0 Å². The summed E-state index contributed by atoms with van der Waals surface area (Å²) < 4.78 is 14.6. The van der Waals surface area contributed by atoms with Gasteiger partial charge in [-0.25, -0.2) is 9.79 Å². The molecule has 0 fully saturated rings. The summed E-state index contributed by atoms with van der Waals surface area (Å²) in [6, 6.07) is 14.5. The monoisotopic (exact) mass is 521 g/mol. The fraction of sp³-hybridized carbons (Fsp3) is 0.222. The summed E-state index contributed by atoms with van der Waals surface area (Å²) in [7, 11) is 3.52. The molecule has 1 aliphatic rings. The van der Waals surface area contributed by atoms with Gasteiger partial charge in [0.2, 0.25) is 0 Å². The van der Waals surface area contributed by atoms with Crippen LogP contribution in [0.2, 0.25) is 5.02 Å². The molecule has 0 bridgehead atoms. The summed E-state index contributed by atoms with van der Waals surface area (Å²) in [5.41, 5.74) is 3.36. The molecule has 0 saturated heterocycles. The van der Waals surface area contributed by atoms with Gasteiger partial charge in [0, 0.05) is 41.8 Å². The summed E-state index contributed by atoms with van der Waals surface area (Å²) in [6.45, 7) is 2.14. The van der Waals surface area contributed by atoms with E-state index in [1.54, 1.807) is 23.6 Å². The number of carbonyl (C=O) groups is 1. The highest BCUT2D eigenvalue weighted by Crippen LogP contribution is 2.31. The number of allylic oxidation sites excluding steroid dienone is 1. The third kappa shape index (κ3) is 4.32. The Labute approximate surface area is 216 Å². The van der Waals surface area contributed by atoms with Crippen molar-refractivity contribution >= 4 is 45.9 Å². The van der Waals surface area contributed by atoms with E-state index in [4.69, 9.17) is 21.1 Å². The molecule has 184 valence electrons. The summed E-state index contributed by atoms with van der Waals surface area (Å²) >= 11 is 7.43. The zero-order valence-electron chi connectivity index (χ0n) is 20.0. The van der Waals surface area contributed by atoms with Crippen LogP contribution in [0.4, 0.5) is 0 Å². The fourth-order valence-corrected chi connectivity index (χ4v) is 5.63. The minimum atomic E-state index is -0.691. The maximum Gasteiger partial charge on any atom is 0.338 e. The Morgan fingerprint density at radius 3 is 2.67 bits per heavy atom. The van der Waals surface area contributed by atoms with Crippen LogP contribution in [0.25, 0.3) is 17.0 Å². The number of methoxy groups -OCH3 is 1. The Bertz CT molecular complexity index is 1680. The van der Waals surface area contributed by atoms with E-state index < -0.39 is 12.0 Å². The molecule has 2 aromatic carbocycles. The summed E-state index contributed by atoms with van der Waals surface area (Å²) in [4.78, 5) is 32.1. The highest BCUT2D eigenvalue weighted by atomic mass is 35.5. The molecule has 9 heteroatoms. The van der Waals surface area contributed by atoms with Gasteiger partial charge in [-0.2, -0.15) is 0 Å². The van der Waals surface area contributed by atoms with Gasteiger partial charge in [-0.15, -0.1) is 0 Å². The first-order chi connectivity index (χ1) is 17.4. The second kappa shape index (κ2) is 9.89. The average molecular weight is 522 g/mol. The number of aryl methyl sites for hydroxylation is 1.